The second kappa shape index (κ2) is 13.9. The molecular weight excluding hydrogens is 616 g/mol. The van der Waals surface area contributed by atoms with Gasteiger partial charge in [0.15, 0.2) is 0 Å². The molecule has 0 fully saturated rings. The van der Waals surface area contributed by atoms with E-state index in [9.17, 15) is 18.0 Å². The molecule has 3 rings (SSSR count). The molecular formula is C28H29Cl4N3O4S. The predicted octanol–water partition coefficient (Wildman–Crippen LogP) is 6.23. The quantitative estimate of drug-likeness (QED) is 0.268. The van der Waals surface area contributed by atoms with Crippen molar-refractivity contribution < 1.29 is 18.0 Å². The summed E-state index contributed by atoms with van der Waals surface area (Å²) in [5, 5.41) is 3.87. The number of nitrogens with zero attached hydrogens (tertiary/aromatic N) is 2. The van der Waals surface area contributed by atoms with Crippen LogP contribution in [0.15, 0.2) is 66.7 Å². The van der Waals surface area contributed by atoms with Crippen LogP contribution in [0.25, 0.3) is 0 Å². The predicted molar refractivity (Wildman–Crippen MR) is 163 cm³/mol. The fourth-order valence-corrected chi connectivity index (χ4v) is 5.95. The van der Waals surface area contributed by atoms with Gasteiger partial charge in [0.05, 0.1) is 11.9 Å². The number of hydrogen-bond acceptors (Lipinski definition) is 4. The molecule has 0 saturated carbocycles. The van der Waals surface area contributed by atoms with Crippen LogP contribution in [-0.2, 0) is 32.6 Å². The fourth-order valence-electron chi connectivity index (χ4n) is 4.09. The maximum absolute atomic E-state index is 14.1. The lowest BCUT2D eigenvalue weighted by atomic mass is 10.0. The average Bonchev–Trinajstić information content (AvgIpc) is 2.85. The van der Waals surface area contributed by atoms with E-state index in [0.717, 1.165) is 16.1 Å². The van der Waals surface area contributed by atoms with Crippen molar-refractivity contribution in [2.75, 3.05) is 17.1 Å². The first-order chi connectivity index (χ1) is 18.8. The van der Waals surface area contributed by atoms with Gasteiger partial charge in [-0.3, -0.25) is 13.9 Å². The molecule has 0 heterocycles. The lowest BCUT2D eigenvalue weighted by Crippen LogP contribution is -2.54. The van der Waals surface area contributed by atoms with Crippen LogP contribution >= 0.6 is 46.4 Å². The van der Waals surface area contributed by atoms with Gasteiger partial charge < -0.3 is 10.2 Å². The van der Waals surface area contributed by atoms with E-state index in [-0.39, 0.29) is 34.7 Å². The van der Waals surface area contributed by atoms with E-state index in [4.69, 9.17) is 46.4 Å². The molecule has 0 saturated heterocycles. The normalized spacial score (nSPS) is 12.2. The molecule has 0 radical (unpaired) electrons. The third-order valence-electron chi connectivity index (χ3n) is 5.91. The number of rotatable bonds is 11. The Morgan fingerprint density at radius 1 is 0.875 bits per heavy atom. The molecule has 0 aromatic heterocycles. The average molecular weight is 645 g/mol. The zero-order valence-electron chi connectivity index (χ0n) is 22.1. The highest BCUT2D eigenvalue weighted by molar-refractivity contribution is 7.92. The summed E-state index contributed by atoms with van der Waals surface area (Å²) in [5.41, 5.74) is 1.33. The van der Waals surface area contributed by atoms with Gasteiger partial charge in [-0.15, -0.1) is 0 Å². The molecule has 2 amide bonds. The van der Waals surface area contributed by atoms with Crippen molar-refractivity contribution in [3.05, 3.63) is 97.9 Å². The van der Waals surface area contributed by atoms with Crippen LogP contribution in [0.3, 0.4) is 0 Å². The summed E-state index contributed by atoms with van der Waals surface area (Å²) < 4.78 is 26.6. The first-order valence-corrected chi connectivity index (χ1v) is 15.6. The SMILES string of the molecule is CC(C)NC(=O)[C@H](Cc1ccccc1)N(Cc1c(Cl)cccc1Cl)C(=O)CN(c1cc(Cl)cc(Cl)c1)S(C)(=O)=O. The molecule has 7 nitrogen and oxygen atoms in total. The first-order valence-electron chi connectivity index (χ1n) is 12.3. The van der Waals surface area contributed by atoms with Crippen molar-refractivity contribution in [3.63, 3.8) is 0 Å². The summed E-state index contributed by atoms with van der Waals surface area (Å²) in [7, 11) is -3.98. The molecule has 1 N–H and O–H groups in total. The second-order valence-electron chi connectivity index (χ2n) is 9.49. The van der Waals surface area contributed by atoms with E-state index in [1.54, 1.807) is 18.2 Å². The Bertz CT molecular complexity index is 1430. The lowest BCUT2D eigenvalue weighted by Gasteiger charge is -2.34. The molecule has 0 aliphatic heterocycles. The van der Waals surface area contributed by atoms with Gasteiger partial charge in [0, 0.05) is 44.7 Å². The minimum Gasteiger partial charge on any atom is -0.352 e. The molecule has 3 aromatic rings. The molecule has 0 bridgehead atoms. The Hall–Kier alpha value is -2.49. The number of amides is 2. The van der Waals surface area contributed by atoms with E-state index in [2.05, 4.69) is 5.32 Å². The zero-order valence-corrected chi connectivity index (χ0v) is 25.9. The molecule has 1 atom stereocenters. The minimum absolute atomic E-state index is 0.107. The summed E-state index contributed by atoms with van der Waals surface area (Å²) in [6.07, 6.45) is 1.13. The summed E-state index contributed by atoms with van der Waals surface area (Å²) in [5.74, 6) is -1.07. The lowest BCUT2D eigenvalue weighted by molar-refractivity contribution is -0.140. The van der Waals surface area contributed by atoms with E-state index in [0.29, 0.717) is 15.6 Å². The van der Waals surface area contributed by atoms with Crippen molar-refractivity contribution in [2.24, 2.45) is 0 Å². The molecule has 0 unspecified atom stereocenters. The van der Waals surface area contributed by atoms with Crippen LogP contribution in [0.5, 0.6) is 0 Å². The number of hydrogen-bond donors (Lipinski definition) is 1. The Morgan fingerprint density at radius 3 is 1.98 bits per heavy atom. The standard InChI is InChI=1S/C28H29Cl4N3O4S/c1-18(2)33-28(37)26(12-19-8-5-4-6-9-19)34(16-23-24(31)10-7-11-25(23)32)27(36)17-35(40(3,38)39)22-14-20(29)13-21(30)15-22/h4-11,13-15,18,26H,12,16-17H2,1-3H3,(H,33,37)/t26-/m0/s1. The van der Waals surface area contributed by atoms with Crippen molar-refractivity contribution in [3.8, 4) is 0 Å². The highest BCUT2D eigenvalue weighted by Gasteiger charge is 2.34. The number of carbonyl (C=O) groups excluding carboxylic acids is 2. The molecule has 0 aliphatic rings. The van der Waals surface area contributed by atoms with Gasteiger partial charge in [-0.2, -0.15) is 0 Å². The third-order valence-corrected chi connectivity index (χ3v) is 8.19. The largest absolute Gasteiger partial charge is 0.352 e. The smallest absolute Gasteiger partial charge is 0.244 e. The molecule has 214 valence electrons. The van der Waals surface area contributed by atoms with Crippen molar-refractivity contribution in [1.82, 2.24) is 10.2 Å². The van der Waals surface area contributed by atoms with Gasteiger partial charge >= 0.3 is 0 Å². The maximum Gasteiger partial charge on any atom is 0.244 e. The molecule has 12 heteroatoms. The Kier molecular flexibility index (Phi) is 11.1. The van der Waals surface area contributed by atoms with Gasteiger partial charge in [0.2, 0.25) is 21.8 Å². The first kappa shape index (κ1) is 32.0. The van der Waals surface area contributed by atoms with Crippen molar-refractivity contribution >= 4 is 73.9 Å². The summed E-state index contributed by atoms with van der Waals surface area (Å²) in [4.78, 5) is 29.0. The summed E-state index contributed by atoms with van der Waals surface area (Å²) in [6.45, 7) is 2.85. The van der Waals surface area contributed by atoms with E-state index in [1.165, 1.54) is 23.1 Å². The molecule has 0 spiro atoms. The Morgan fingerprint density at radius 2 is 1.45 bits per heavy atom. The van der Waals surface area contributed by atoms with E-state index < -0.39 is 34.4 Å². The van der Waals surface area contributed by atoms with Gasteiger partial charge in [0.25, 0.3) is 0 Å². The van der Waals surface area contributed by atoms with Crippen LogP contribution in [0.2, 0.25) is 20.1 Å². The van der Waals surface area contributed by atoms with E-state index >= 15 is 0 Å². The van der Waals surface area contributed by atoms with E-state index in [1.807, 2.05) is 44.2 Å². The minimum atomic E-state index is -3.98. The zero-order chi connectivity index (χ0) is 29.6. The number of carbonyl (C=O) groups is 2. The van der Waals surface area contributed by atoms with Crippen molar-refractivity contribution in [2.45, 2.75) is 38.9 Å². The highest BCUT2D eigenvalue weighted by Crippen LogP contribution is 2.29. The van der Waals surface area contributed by atoms with Gasteiger partial charge in [-0.25, -0.2) is 8.42 Å². The molecule has 3 aromatic carbocycles. The third kappa shape index (κ3) is 8.75. The highest BCUT2D eigenvalue weighted by atomic mass is 35.5. The van der Waals surface area contributed by atoms with Gasteiger partial charge in [-0.1, -0.05) is 82.8 Å². The number of benzene rings is 3. The number of anilines is 1. The second-order valence-corrected chi connectivity index (χ2v) is 13.1. The van der Waals surface area contributed by atoms with Gasteiger partial charge in [-0.05, 0) is 49.7 Å². The number of nitrogens with one attached hydrogen (secondary N) is 1. The Labute approximate surface area is 255 Å². The molecule has 40 heavy (non-hydrogen) atoms. The Balaban J connectivity index is 2.12. The van der Waals surface area contributed by atoms with Crippen LogP contribution in [0, 0.1) is 0 Å². The van der Waals surface area contributed by atoms with Crippen molar-refractivity contribution in [1.29, 1.82) is 0 Å². The van der Waals surface area contributed by atoms with Crippen LogP contribution in [0.4, 0.5) is 5.69 Å². The number of sulfonamides is 1. The fraction of sp³-hybridized carbons (Fsp3) is 0.286. The van der Waals surface area contributed by atoms with Crippen LogP contribution in [-0.4, -0.2) is 50.0 Å². The summed E-state index contributed by atoms with van der Waals surface area (Å²) >= 11 is 25.2. The van der Waals surface area contributed by atoms with Gasteiger partial charge in [0.1, 0.15) is 12.6 Å². The summed E-state index contributed by atoms with van der Waals surface area (Å²) in [6, 6.07) is 17.1. The topological polar surface area (TPSA) is 86.8 Å². The number of halogens is 4. The monoisotopic (exact) mass is 643 g/mol. The van der Waals surface area contributed by atoms with Crippen LogP contribution < -0.4 is 9.62 Å². The maximum atomic E-state index is 14.1. The van der Waals surface area contributed by atoms with Crippen LogP contribution in [0.1, 0.15) is 25.0 Å². The molecule has 0 aliphatic carbocycles.